The van der Waals surface area contributed by atoms with E-state index in [4.69, 9.17) is 0 Å². The molecule has 0 unspecified atom stereocenters. The SMILES string of the molecule is CN(Cc1cccs1)C1CC2(CCN(Cc3nccn3C)CC2)C1. The van der Waals surface area contributed by atoms with E-state index in [9.17, 15) is 0 Å². The van der Waals surface area contributed by atoms with E-state index in [2.05, 4.69) is 51.0 Å². The van der Waals surface area contributed by atoms with Gasteiger partial charge in [0.05, 0.1) is 6.54 Å². The molecular weight excluding hydrogens is 316 g/mol. The molecule has 0 radical (unpaired) electrons. The van der Waals surface area contributed by atoms with Crippen molar-refractivity contribution in [2.24, 2.45) is 12.5 Å². The molecule has 24 heavy (non-hydrogen) atoms. The fourth-order valence-electron chi connectivity index (χ4n) is 4.37. The summed E-state index contributed by atoms with van der Waals surface area (Å²) in [4.78, 5) is 11.1. The van der Waals surface area contributed by atoms with Gasteiger partial charge in [-0.15, -0.1) is 11.3 Å². The van der Waals surface area contributed by atoms with Crippen molar-refractivity contribution in [3.05, 3.63) is 40.6 Å². The summed E-state index contributed by atoms with van der Waals surface area (Å²) in [6, 6.07) is 5.20. The predicted molar refractivity (Wildman–Crippen MR) is 99.0 cm³/mol. The third-order valence-corrected chi connectivity index (χ3v) is 7.01. The van der Waals surface area contributed by atoms with Crippen LogP contribution in [0, 0.1) is 5.41 Å². The van der Waals surface area contributed by atoms with Crippen LogP contribution < -0.4 is 0 Å². The number of likely N-dealkylation sites (tertiary alicyclic amines) is 1. The molecule has 4 nitrogen and oxygen atoms in total. The van der Waals surface area contributed by atoms with Gasteiger partial charge in [0.1, 0.15) is 5.82 Å². The number of nitrogens with zero attached hydrogens (tertiary/aromatic N) is 4. The molecule has 130 valence electrons. The standard InChI is InChI=1S/C19H28N4S/c1-21-10-7-20-18(21)15-23-8-5-19(6-9-23)12-16(13-19)22(2)14-17-4-3-11-24-17/h3-4,7,10-11,16H,5-6,8-9,12-15H2,1-2H3. The van der Waals surface area contributed by atoms with Crippen molar-refractivity contribution in [2.45, 2.75) is 44.8 Å². The van der Waals surface area contributed by atoms with Crippen molar-refractivity contribution in [1.82, 2.24) is 19.4 Å². The monoisotopic (exact) mass is 344 g/mol. The van der Waals surface area contributed by atoms with Crippen LogP contribution in [0.25, 0.3) is 0 Å². The Morgan fingerprint density at radius 3 is 2.75 bits per heavy atom. The van der Waals surface area contributed by atoms with Crippen LogP contribution in [0.1, 0.15) is 36.4 Å². The molecule has 1 saturated carbocycles. The van der Waals surface area contributed by atoms with Crippen molar-refractivity contribution in [2.75, 3.05) is 20.1 Å². The van der Waals surface area contributed by atoms with Crippen LogP contribution >= 0.6 is 11.3 Å². The van der Waals surface area contributed by atoms with Crippen molar-refractivity contribution in [1.29, 1.82) is 0 Å². The molecule has 1 spiro atoms. The van der Waals surface area contributed by atoms with Gasteiger partial charge in [0, 0.05) is 36.9 Å². The van der Waals surface area contributed by atoms with Gasteiger partial charge in [-0.3, -0.25) is 9.80 Å². The second-order valence-electron chi connectivity index (χ2n) is 7.79. The second kappa shape index (κ2) is 6.62. The maximum absolute atomic E-state index is 4.47. The summed E-state index contributed by atoms with van der Waals surface area (Å²) in [5, 5.41) is 2.18. The lowest BCUT2D eigenvalue weighted by atomic mass is 9.60. The van der Waals surface area contributed by atoms with Gasteiger partial charge in [-0.05, 0) is 62.7 Å². The summed E-state index contributed by atoms with van der Waals surface area (Å²) in [6.45, 7) is 4.58. The van der Waals surface area contributed by atoms with Gasteiger partial charge in [0.25, 0.3) is 0 Å². The van der Waals surface area contributed by atoms with Gasteiger partial charge in [-0.1, -0.05) is 6.07 Å². The first kappa shape index (κ1) is 16.3. The maximum Gasteiger partial charge on any atom is 0.122 e. The molecule has 5 heteroatoms. The van der Waals surface area contributed by atoms with E-state index in [1.54, 1.807) is 0 Å². The number of hydrogen-bond donors (Lipinski definition) is 0. The fraction of sp³-hybridized carbons (Fsp3) is 0.632. The first-order chi connectivity index (χ1) is 11.6. The van der Waals surface area contributed by atoms with E-state index in [1.807, 2.05) is 23.7 Å². The van der Waals surface area contributed by atoms with Crippen LogP contribution in [0.4, 0.5) is 0 Å². The first-order valence-corrected chi connectivity index (χ1v) is 9.93. The Hall–Kier alpha value is -1.17. The molecule has 2 fully saturated rings. The quantitative estimate of drug-likeness (QED) is 0.831. The van der Waals surface area contributed by atoms with Crippen LogP contribution in [0.15, 0.2) is 29.9 Å². The first-order valence-electron chi connectivity index (χ1n) is 9.05. The van der Waals surface area contributed by atoms with Crippen molar-refractivity contribution in [3.63, 3.8) is 0 Å². The summed E-state index contributed by atoms with van der Waals surface area (Å²) in [5.41, 5.74) is 0.631. The topological polar surface area (TPSA) is 24.3 Å². The minimum atomic E-state index is 0.631. The zero-order valence-corrected chi connectivity index (χ0v) is 15.6. The minimum Gasteiger partial charge on any atom is -0.337 e. The number of hydrogen-bond acceptors (Lipinski definition) is 4. The van der Waals surface area contributed by atoms with Crippen LogP contribution in [0.2, 0.25) is 0 Å². The Kier molecular flexibility index (Phi) is 4.50. The van der Waals surface area contributed by atoms with E-state index in [0.717, 1.165) is 19.1 Å². The molecular formula is C19H28N4S. The third-order valence-electron chi connectivity index (χ3n) is 6.15. The molecule has 0 bridgehead atoms. The van der Waals surface area contributed by atoms with Gasteiger partial charge in [-0.25, -0.2) is 4.98 Å². The molecule has 0 aromatic carbocycles. The molecule has 2 aliphatic rings. The molecule has 2 aromatic rings. The Labute approximate surface area is 149 Å². The van der Waals surface area contributed by atoms with Gasteiger partial charge in [0.15, 0.2) is 0 Å². The van der Waals surface area contributed by atoms with Crippen LogP contribution in [0.5, 0.6) is 0 Å². The molecule has 2 aromatic heterocycles. The average molecular weight is 345 g/mol. The zero-order valence-electron chi connectivity index (χ0n) is 14.8. The molecule has 4 rings (SSSR count). The van der Waals surface area contributed by atoms with Crippen LogP contribution in [-0.2, 0) is 20.1 Å². The van der Waals surface area contributed by atoms with Gasteiger partial charge >= 0.3 is 0 Å². The summed E-state index contributed by atoms with van der Waals surface area (Å²) in [6.07, 6.45) is 9.46. The number of thiophene rings is 1. The number of aromatic nitrogens is 2. The van der Waals surface area contributed by atoms with Gasteiger partial charge < -0.3 is 4.57 Å². The molecule has 3 heterocycles. The highest BCUT2D eigenvalue weighted by Gasteiger charge is 2.46. The highest BCUT2D eigenvalue weighted by molar-refractivity contribution is 7.09. The lowest BCUT2D eigenvalue weighted by molar-refractivity contribution is -0.0387. The highest BCUT2D eigenvalue weighted by atomic mass is 32.1. The average Bonchev–Trinajstić information content (AvgIpc) is 3.18. The van der Waals surface area contributed by atoms with Gasteiger partial charge in [-0.2, -0.15) is 0 Å². The molecule has 0 atom stereocenters. The summed E-state index contributed by atoms with van der Waals surface area (Å²) < 4.78 is 2.14. The summed E-state index contributed by atoms with van der Waals surface area (Å²) in [5.74, 6) is 1.19. The number of aryl methyl sites for hydroxylation is 1. The number of piperidine rings is 1. The van der Waals surface area contributed by atoms with E-state index in [0.29, 0.717) is 5.41 Å². The number of imidazole rings is 1. The highest BCUT2D eigenvalue weighted by Crippen LogP contribution is 2.51. The molecule has 1 saturated heterocycles. The Bertz CT molecular complexity index is 647. The largest absolute Gasteiger partial charge is 0.337 e. The number of rotatable bonds is 5. The van der Waals surface area contributed by atoms with E-state index < -0.39 is 0 Å². The fourth-order valence-corrected chi connectivity index (χ4v) is 5.14. The van der Waals surface area contributed by atoms with Crippen LogP contribution in [-0.4, -0.2) is 45.5 Å². The molecule has 1 aliphatic carbocycles. The Balaban J connectivity index is 1.24. The maximum atomic E-state index is 4.47. The van der Waals surface area contributed by atoms with E-state index in [-0.39, 0.29) is 0 Å². The van der Waals surface area contributed by atoms with Crippen molar-refractivity contribution in [3.8, 4) is 0 Å². The predicted octanol–water partition coefficient (Wildman–Crippen LogP) is 3.36. The minimum absolute atomic E-state index is 0.631. The van der Waals surface area contributed by atoms with Gasteiger partial charge in [0.2, 0.25) is 0 Å². The Morgan fingerprint density at radius 1 is 1.33 bits per heavy atom. The smallest absolute Gasteiger partial charge is 0.122 e. The molecule has 1 aliphatic heterocycles. The molecule has 0 amide bonds. The van der Waals surface area contributed by atoms with Crippen molar-refractivity contribution >= 4 is 11.3 Å². The van der Waals surface area contributed by atoms with Crippen LogP contribution in [0.3, 0.4) is 0 Å². The Morgan fingerprint density at radius 2 is 2.12 bits per heavy atom. The normalized spacial score (nSPS) is 21.5. The van der Waals surface area contributed by atoms with Crippen molar-refractivity contribution < 1.29 is 0 Å². The van der Waals surface area contributed by atoms with E-state index in [1.165, 1.54) is 49.5 Å². The lowest BCUT2D eigenvalue weighted by Crippen LogP contribution is -2.53. The summed E-state index contributed by atoms with van der Waals surface area (Å²) in [7, 11) is 4.39. The third kappa shape index (κ3) is 3.30. The van der Waals surface area contributed by atoms with E-state index >= 15 is 0 Å². The summed E-state index contributed by atoms with van der Waals surface area (Å²) >= 11 is 1.88. The lowest BCUT2D eigenvalue weighted by Gasteiger charge is -2.54. The molecule has 0 N–H and O–H groups in total. The second-order valence-corrected chi connectivity index (χ2v) is 8.82. The zero-order chi connectivity index (χ0) is 16.6.